The van der Waals surface area contributed by atoms with Crippen molar-refractivity contribution in [3.05, 3.63) is 77.9 Å². The van der Waals surface area contributed by atoms with Gasteiger partial charge in [-0.1, -0.05) is 54.6 Å². The fourth-order valence-electron chi connectivity index (χ4n) is 4.53. The second-order valence-electron chi connectivity index (χ2n) is 8.91. The zero-order valence-electron chi connectivity index (χ0n) is 20.3. The third kappa shape index (κ3) is 6.78. The number of aliphatic hydroxyl groups is 1. The van der Waals surface area contributed by atoms with Crippen LogP contribution in [0.1, 0.15) is 24.0 Å². The van der Waals surface area contributed by atoms with Gasteiger partial charge in [-0.15, -0.1) is 12.4 Å². The molecule has 4 rings (SSSR count). The summed E-state index contributed by atoms with van der Waals surface area (Å²) in [6.07, 6.45) is 1.08. The number of rotatable bonds is 9. The van der Waals surface area contributed by atoms with E-state index in [9.17, 15) is 18.3 Å². The van der Waals surface area contributed by atoms with E-state index in [0.29, 0.717) is 19.4 Å². The summed E-state index contributed by atoms with van der Waals surface area (Å²) in [6.45, 7) is 0.330. The summed E-state index contributed by atoms with van der Waals surface area (Å²) in [5, 5.41) is 11.7. The van der Waals surface area contributed by atoms with E-state index in [2.05, 4.69) is 9.71 Å². The van der Waals surface area contributed by atoms with Crippen molar-refractivity contribution in [2.45, 2.75) is 42.8 Å². The average molecular weight is 546 g/mol. The molecule has 37 heavy (non-hydrogen) atoms. The fourth-order valence-corrected chi connectivity index (χ4v) is 5.79. The predicted octanol–water partition coefficient (Wildman–Crippen LogP) is 1.91. The van der Waals surface area contributed by atoms with Gasteiger partial charge in [0, 0.05) is 13.1 Å². The number of aliphatic imine (C=N–C) groups is 1. The molecule has 3 aromatic carbocycles. The van der Waals surface area contributed by atoms with E-state index in [1.807, 2.05) is 48.5 Å². The SMILES string of the molecule is Cl.NC(N)=NCCC[C@H](NS(=O)(=O)c1ccc2ccccc2c1)C(=O)N1Cc2ccccc2CC1CO. The van der Waals surface area contributed by atoms with Gasteiger partial charge in [0.25, 0.3) is 0 Å². The van der Waals surface area contributed by atoms with E-state index in [0.717, 1.165) is 21.9 Å². The minimum absolute atomic E-state index is 0. The summed E-state index contributed by atoms with van der Waals surface area (Å²) >= 11 is 0. The first-order valence-electron chi connectivity index (χ1n) is 11.8. The number of carbonyl (C=O) groups excluding carboxylic acids is 1. The van der Waals surface area contributed by atoms with Crippen LogP contribution < -0.4 is 16.2 Å². The molecule has 1 unspecified atom stereocenters. The van der Waals surface area contributed by atoms with Gasteiger partial charge >= 0.3 is 0 Å². The molecule has 11 heteroatoms. The van der Waals surface area contributed by atoms with Crippen LogP contribution in [0.5, 0.6) is 0 Å². The number of sulfonamides is 1. The Morgan fingerprint density at radius 3 is 2.43 bits per heavy atom. The lowest BCUT2D eigenvalue weighted by Gasteiger charge is -2.38. The maximum Gasteiger partial charge on any atom is 0.241 e. The third-order valence-electron chi connectivity index (χ3n) is 6.42. The molecular formula is C26H32ClN5O4S. The zero-order chi connectivity index (χ0) is 25.7. The van der Waals surface area contributed by atoms with Crippen LogP contribution in [0.15, 0.2) is 76.6 Å². The van der Waals surface area contributed by atoms with Crippen LogP contribution in [-0.2, 0) is 27.8 Å². The number of nitrogens with two attached hydrogens (primary N) is 2. The second-order valence-corrected chi connectivity index (χ2v) is 10.6. The van der Waals surface area contributed by atoms with Crippen LogP contribution in [0, 0.1) is 0 Å². The Morgan fingerprint density at radius 1 is 1.05 bits per heavy atom. The van der Waals surface area contributed by atoms with Crippen molar-refractivity contribution >= 4 is 45.1 Å². The van der Waals surface area contributed by atoms with E-state index in [1.54, 1.807) is 17.0 Å². The van der Waals surface area contributed by atoms with Crippen molar-refractivity contribution in [3.63, 3.8) is 0 Å². The summed E-state index contributed by atoms with van der Waals surface area (Å²) in [4.78, 5) is 19.3. The van der Waals surface area contributed by atoms with Crippen LogP contribution >= 0.6 is 12.4 Å². The molecule has 0 aromatic heterocycles. The molecule has 1 aliphatic rings. The first-order chi connectivity index (χ1) is 17.3. The van der Waals surface area contributed by atoms with E-state index in [4.69, 9.17) is 11.5 Å². The van der Waals surface area contributed by atoms with Gasteiger partial charge in [0.15, 0.2) is 5.96 Å². The predicted molar refractivity (Wildman–Crippen MR) is 147 cm³/mol. The molecule has 3 aromatic rings. The van der Waals surface area contributed by atoms with Gasteiger partial charge in [-0.3, -0.25) is 9.79 Å². The number of amides is 1. The minimum Gasteiger partial charge on any atom is -0.394 e. The lowest BCUT2D eigenvalue weighted by Crippen LogP contribution is -2.54. The van der Waals surface area contributed by atoms with Crippen molar-refractivity contribution in [1.29, 1.82) is 0 Å². The van der Waals surface area contributed by atoms with E-state index < -0.39 is 28.0 Å². The quantitative estimate of drug-likeness (QED) is 0.183. The number of fused-ring (bicyclic) bond motifs is 2. The maximum atomic E-state index is 13.7. The molecule has 0 aliphatic carbocycles. The highest BCUT2D eigenvalue weighted by Crippen LogP contribution is 2.25. The molecule has 0 fully saturated rings. The maximum absolute atomic E-state index is 13.7. The lowest BCUT2D eigenvalue weighted by atomic mass is 9.93. The van der Waals surface area contributed by atoms with Crippen molar-refractivity contribution in [2.24, 2.45) is 16.5 Å². The number of benzene rings is 3. The van der Waals surface area contributed by atoms with Gasteiger partial charge in [0.05, 0.1) is 17.5 Å². The number of carbonyl (C=O) groups is 1. The summed E-state index contributed by atoms with van der Waals surface area (Å²) in [7, 11) is -4.02. The van der Waals surface area contributed by atoms with Crippen LogP contribution in [0.3, 0.4) is 0 Å². The monoisotopic (exact) mass is 545 g/mol. The second kappa shape index (κ2) is 12.4. The molecule has 9 nitrogen and oxygen atoms in total. The van der Waals surface area contributed by atoms with Gasteiger partial charge in [0.1, 0.15) is 6.04 Å². The van der Waals surface area contributed by atoms with Crippen LogP contribution in [0.4, 0.5) is 0 Å². The van der Waals surface area contributed by atoms with Crippen molar-refractivity contribution < 1.29 is 18.3 Å². The molecule has 6 N–H and O–H groups in total. The topological polar surface area (TPSA) is 151 Å². The number of hydrogen-bond acceptors (Lipinski definition) is 5. The normalized spacial score (nSPS) is 15.9. The third-order valence-corrected chi connectivity index (χ3v) is 7.89. The highest BCUT2D eigenvalue weighted by molar-refractivity contribution is 7.89. The summed E-state index contributed by atoms with van der Waals surface area (Å²) < 4.78 is 29.3. The Labute approximate surface area is 223 Å². The van der Waals surface area contributed by atoms with Gasteiger partial charge in [-0.05, 0) is 53.3 Å². The molecule has 0 spiro atoms. The molecule has 1 amide bonds. The van der Waals surface area contributed by atoms with E-state index in [-0.39, 0.29) is 42.8 Å². The molecule has 1 aliphatic heterocycles. The fraction of sp³-hybridized carbons (Fsp3) is 0.308. The minimum atomic E-state index is -4.02. The Morgan fingerprint density at radius 2 is 1.73 bits per heavy atom. The largest absolute Gasteiger partial charge is 0.394 e. The Balaban J connectivity index is 0.00000380. The summed E-state index contributed by atoms with van der Waals surface area (Å²) in [6, 6.07) is 18.6. The average Bonchev–Trinajstić information content (AvgIpc) is 2.88. The highest BCUT2D eigenvalue weighted by Gasteiger charge is 2.35. The summed E-state index contributed by atoms with van der Waals surface area (Å²) in [5.74, 6) is -0.458. The highest BCUT2D eigenvalue weighted by atomic mass is 35.5. The van der Waals surface area contributed by atoms with Crippen LogP contribution in [0.25, 0.3) is 10.8 Å². The van der Waals surface area contributed by atoms with Crippen LogP contribution in [-0.4, -0.2) is 55.5 Å². The zero-order valence-corrected chi connectivity index (χ0v) is 21.9. The Kier molecular flexibility index (Phi) is 9.50. The molecule has 1 heterocycles. The number of guanidine groups is 1. The summed E-state index contributed by atoms with van der Waals surface area (Å²) in [5.41, 5.74) is 12.9. The molecular weight excluding hydrogens is 514 g/mol. The number of nitrogens with one attached hydrogen (secondary N) is 1. The Hall–Kier alpha value is -3.18. The number of halogens is 1. The first kappa shape index (κ1) is 28.4. The van der Waals surface area contributed by atoms with Crippen molar-refractivity contribution in [2.75, 3.05) is 13.2 Å². The van der Waals surface area contributed by atoms with Gasteiger partial charge < -0.3 is 21.5 Å². The number of nitrogens with zero attached hydrogens (tertiary/aromatic N) is 2. The van der Waals surface area contributed by atoms with Gasteiger partial charge in [-0.2, -0.15) is 4.72 Å². The van der Waals surface area contributed by atoms with E-state index >= 15 is 0 Å². The molecule has 198 valence electrons. The molecule has 0 bridgehead atoms. The van der Waals surface area contributed by atoms with Crippen molar-refractivity contribution in [1.82, 2.24) is 9.62 Å². The standard InChI is InChI=1S/C26H31N5O4S.ClH/c27-26(28)29-13-5-10-24(25(33)31-16-21-9-4-3-7-19(21)14-22(31)17-32)30-36(34,35)23-12-11-18-6-1-2-8-20(18)15-23;/h1-4,6-9,11-12,15,22,24,30,32H,5,10,13-14,16-17H2,(H4,27,28,29);1H/t22?,24-;/m0./s1. The van der Waals surface area contributed by atoms with Crippen LogP contribution in [0.2, 0.25) is 0 Å². The smallest absolute Gasteiger partial charge is 0.241 e. The molecule has 0 radical (unpaired) electrons. The van der Waals surface area contributed by atoms with Gasteiger partial charge in [0.2, 0.25) is 15.9 Å². The number of hydrogen-bond donors (Lipinski definition) is 4. The molecule has 0 saturated heterocycles. The first-order valence-corrected chi connectivity index (χ1v) is 13.3. The molecule has 2 atom stereocenters. The van der Waals surface area contributed by atoms with Gasteiger partial charge in [-0.25, -0.2) is 8.42 Å². The number of aliphatic hydroxyl groups excluding tert-OH is 1. The lowest BCUT2D eigenvalue weighted by molar-refractivity contribution is -0.137. The molecule has 0 saturated carbocycles. The Bertz CT molecular complexity index is 1380. The van der Waals surface area contributed by atoms with E-state index in [1.165, 1.54) is 6.07 Å². The van der Waals surface area contributed by atoms with Crippen molar-refractivity contribution in [3.8, 4) is 0 Å².